The number of rotatable bonds is 5. The lowest BCUT2D eigenvalue weighted by molar-refractivity contribution is 0.408. The van der Waals surface area contributed by atoms with Crippen LogP contribution >= 0.6 is 11.3 Å². The van der Waals surface area contributed by atoms with Gasteiger partial charge in [-0.1, -0.05) is 48.0 Å². The van der Waals surface area contributed by atoms with Gasteiger partial charge in [0.05, 0.1) is 18.5 Å². The Kier molecular flexibility index (Phi) is 4.77. The Morgan fingerprint density at radius 2 is 1.81 bits per heavy atom. The third-order valence-corrected chi connectivity index (χ3v) is 5.58. The first kappa shape index (κ1) is 17.5. The summed E-state index contributed by atoms with van der Waals surface area (Å²) in [4.78, 5) is 9.99. The van der Waals surface area contributed by atoms with Gasteiger partial charge in [0.15, 0.2) is 0 Å². The molecule has 0 saturated carbocycles. The van der Waals surface area contributed by atoms with Crippen LogP contribution in [-0.4, -0.2) is 17.1 Å². The summed E-state index contributed by atoms with van der Waals surface area (Å²) >= 11 is 1.64. The van der Waals surface area contributed by atoms with Gasteiger partial charge in [-0.15, -0.1) is 11.3 Å². The van der Waals surface area contributed by atoms with Crippen LogP contribution in [0.2, 0.25) is 0 Å². The van der Waals surface area contributed by atoms with E-state index >= 15 is 0 Å². The summed E-state index contributed by atoms with van der Waals surface area (Å²) in [6, 6.07) is 16.7. The van der Waals surface area contributed by atoms with Gasteiger partial charge in [0.25, 0.3) is 0 Å². The number of anilines is 1. The van der Waals surface area contributed by atoms with E-state index in [1.807, 2.05) is 18.2 Å². The highest BCUT2D eigenvalue weighted by molar-refractivity contribution is 7.17. The number of para-hydroxylation sites is 1. The van der Waals surface area contributed by atoms with Crippen LogP contribution in [-0.2, 0) is 0 Å². The molecule has 1 N–H and O–H groups in total. The van der Waals surface area contributed by atoms with E-state index in [1.165, 1.54) is 11.1 Å². The summed E-state index contributed by atoms with van der Waals surface area (Å²) in [5.41, 5.74) is 4.68. The van der Waals surface area contributed by atoms with Crippen LogP contribution in [0.3, 0.4) is 0 Å². The van der Waals surface area contributed by atoms with Gasteiger partial charge in [-0.05, 0) is 25.5 Å². The van der Waals surface area contributed by atoms with Crippen LogP contribution in [0.4, 0.5) is 5.82 Å². The second-order valence-electron chi connectivity index (χ2n) is 6.53. The van der Waals surface area contributed by atoms with E-state index < -0.39 is 0 Å². The van der Waals surface area contributed by atoms with Crippen molar-refractivity contribution >= 4 is 27.4 Å². The number of methoxy groups -OCH3 is 1. The quantitative estimate of drug-likeness (QED) is 0.475. The van der Waals surface area contributed by atoms with Gasteiger partial charge >= 0.3 is 0 Å². The first-order chi connectivity index (χ1) is 13.2. The molecule has 0 fully saturated rings. The molecule has 2 heterocycles. The molecular weight excluding hydrogens is 354 g/mol. The molecule has 0 saturated heterocycles. The number of nitrogens with one attached hydrogen (secondary N) is 1. The Bertz CT molecular complexity index is 1070. The lowest BCUT2D eigenvalue weighted by Crippen LogP contribution is -2.09. The van der Waals surface area contributed by atoms with E-state index in [0.29, 0.717) is 0 Å². The van der Waals surface area contributed by atoms with Crippen LogP contribution in [0.15, 0.2) is 60.2 Å². The summed E-state index contributed by atoms with van der Waals surface area (Å²) < 4.78 is 5.51. The number of hydrogen-bond acceptors (Lipinski definition) is 5. The van der Waals surface area contributed by atoms with Crippen molar-refractivity contribution < 1.29 is 4.74 Å². The van der Waals surface area contributed by atoms with Crippen LogP contribution in [0.25, 0.3) is 21.3 Å². The molecule has 2 aromatic carbocycles. The Balaban J connectivity index is 1.76. The minimum Gasteiger partial charge on any atom is -0.496 e. The molecule has 0 spiro atoms. The predicted octanol–water partition coefficient (Wildman–Crippen LogP) is 5.85. The Morgan fingerprint density at radius 1 is 1.04 bits per heavy atom. The fraction of sp³-hybridized carbons (Fsp3) is 0.182. The van der Waals surface area contributed by atoms with E-state index in [1.54, 1.807) is 24.8 Å². The second kappa shape index (κ2) is 7.37. The highest BCUT2D eigenvalue weighted by atomic mass is 32.1. The van der Waals surface area contributed by atoms with Crippen molar-refractivity contribution in [3.63, 3.8) is 0 Å². The third kappa shape index (κ3) is 3.38. The molecule has 0 aliphatic rings. The molecular formula is C22H21N3OS. The molecule has 27 heavy (non-hydrogen) atoms. The molecule has 2 aromatic heterocycles. The van der Waals surface area contributed by atoms with E-state index in [0.717, 1.165) is 32.9 Å². The number of fused-ring (bicyclic) bond motifs is 1. The van der Waals surface area contributed by atoms with E-state index in [-0.39, 0.29) is 6.04 Å². The zero-order valence-corrected chi connectivity index (χ0v) is 16.4. The van der Waals surface area contributed by atoms with Crippen LogP contribution in [0.1, 0.15) is 24.1 Å². The molecule has 0 aliphatic carbocycles. The van der Waals surface area contributed by atoms with Gasteiger partial charge in [-0.25, -0.2) is 9.97 Å². The number of benzene rings is 2. The van der Waals surface area contributed by atoms with Gasteiger partial charge in [0, 0.05) is 16.5 Å². The average Bonchev–Trinajstić information content (AvgIpc) is 3.13. The fourth-order valence-electron chi connectivity index (χ4n) is 3.24. The van der Waals surface area contributed by atoms with Gasteiger partial charge in [0.1, 0.15) is 22.7 Å². The molecule has 0 bridgehead atoms. The largest absolute Gasteiger partial charge is 0.496 e. The predicted molar refractivity (Wildman–Crippen MR) is 113 cm³/mol. The zero-order chi connectivity index (χ0) is 18.8. The maximum atomic E-state index is 5.51. The van der Waals surface area contributed by atoms with Gasteiger partial charge in [-0.3, -0.25) is 0 Å². The number of ether oxygens (including phenoxy) is 1. The first-order valence-corrected chi connectivity index (χ1v) is 9.74. The number of aryl methyl sites for hydroxylation is 1. The minimum absolute atomic E-state index is 0.0463. The molecule has 4 rings (SSSR count). The van der Waals surface area contributed by atoms with Crippen molar-refractivity contribution in [2.75, 3.05) is 12.4 Å². The van der Waals surface area contributed by atoms with Gasteiger partial charge < -0.3 is 10.1 Å². The molecule has 0 unspecified atom stereocenters. The van der Waals surface area contributed by atoms with Crippen molar-refractivity contribution in [3.05, 3.63) is 71.4 Å². The molecule has 1 atom stereocenters. The zero-order valence-electron chi connectivity index (χ0n) is 15.6. The van der Waals surface area contributed by atoms with E-state index in [4.69, 9.17) is 4.74 Å². The smallest absolute Gasteiger partial charge is 0.139 e. The van der Waals surface area contributed by atoms with Crippen LogP contribution < -0.4 is 10.1 Å². The molecule has 0 amide bonds. The highest BCUT2D eigenvalue weighted by Crippen LogP contribution is 2.38. The van der Waals surface area contributed by atoms with Crippen LogP contribution in [0.5, 0.6) is 5.75 Å². The summed E-state index contributed by atoms with van der Waals surface area (Å²) in [5, 5.41) is 6.78. The maximum absolute atomic E-state index is 5.51. The molecule has 5 heteroatoms. The van der Waals surface area contributed by atoms with Gasteiger partial charge in [0.2, 0.25) is 0 Å². The lowest BCUT2D eigenvalue weighted by Gasteiger charge is -2.18. The van der Waals surface area contributed by atoms with Crippen molar-refractivity contribution in [2.45, 2.75) is 19.9 Å². The molecule has 0 radical (unpaired) electrons. The first-order valence-electron chi connectivity index (χ1n) is 8.86. The standard InChI is InChI=1S/C22H21N3OS/c1-14-8-10-16(11-9-14)18-12-27-22-20(18)21(23-13-24-22)25-15(2)17-6-4-5-7-19(17)26-3/h4-13,15H,1-3H3,(H,23,24,25)/t15-/m1/s1. The minimum atomic E-state index is 0.0463. The van der Waals surface area contributed by atoms with Crippen molar-refractivity contribution in [2.24, 2.45) is 0 Å². The average molecular weight is 375 g/mol. The Labute approximate surface area is 162 Å². The van der Waals surface area contributed by atoms with Crippen LogP contribution in [0, 0.1) is 6.92 Å². The number of nitrogens with zero attached hydrogens (tertiary/aromatic N) is 2. The van der Waals surface area contributed by atoms with E-state index in [9.17, 15) is 0 Å². The number of hydrogen-bond donors (Lipinski definition) is 1. The molecule has 136 valence electrons. The summed E-state index contributed by atoms with van der Waals surface area (Å²) in [5.74, 6) is 1.71. The highest BCUT2D eigenvalue weighted by Gasteiger charge is 2.17. The number of aromatic nitrogens is 2. The number of thiophene rings is 1. The molecule has 0 aliphatic heterocycles. The second-order valence-corrected chi connectivity index (χ2v) is 7.38. The van der Waals surface area contributed by atoms with E-state index in [2.05, 4.69) is 64.8 Å². The molecule has 4 nitrogen and oxygen atoms in total. The van der Waals surface area contributed by atoms with Crippen molar-refractivity contribution in [1.29, 1.82) is 0 Å². The van der Waals surface area contributed by atoms with Gasteiger partial charge in [-0.2, -0.15) is 0 Å². The lowest BCUT2D eigenvalue weighted by atomic mass is 10.0. The Morgan fingerprint density at radius 3 is 2.59 bits per heavy atom. The topological polar surface area (TPSA) is 47.0 Å². The SMILES string of the molecule is COc1ccccc1[C@@H](C)Nc1ncnc2scc(-c3ccc(C)cc3)c12. The summed E-state index contributed by atoms with van der Waals surface area (Å²) in [6.45, 7) is 4.21. The van der Waals surface area contributed by atoms with Crippen molar-refractivity contribution in [1.82, 2.24) is 9.97 Å². The fourth-order valence-corrected chi connectivity index (χ4v) is 4.15. The maximum Gasteiger partial charge on any atom is 0.139 e. The third-order valence-electron chi connectivity index (χ3n) is 4.69. The normalized spacial score (nSPS) is 12.1. The molecule has 4 aromatic rings. The Hall–Kier alpha value is -2.92. The van der Waals surface area contributed by atoms with Crippen molar-refractivity contribution in [3.8, 4) is 16.9 Å². The summed E-state index contributed by atoms with van der Waals surface area (Å²) in [6.07, 6.45) is 1.62. The monoisotopic (exact) mass is 375 g/mol. The summed E-state index contributed by atoms with van der Waals surface area (Å²) in [7, 11) is 1.70.